The molecule has 0 aliphatic carbocycles. The predicted molar refractivity (Wildman–Crippen MR) is 125 cm³/mol. The van der Waals surface area contributed by atoms with Crippen molar-refractivity contribution in [3.63, 3.8) is 0 Å². The molecule has 0 aliphatic rings. The molecule has 4 nitrogen and oxygen atoms in total. The topological polar surface area (TPSA) is 36.9 Å². The fourth-order valence-corrected chi connectivity index (χ4v) is 5.38. The largest absolute Gasteiger partial charge is 0.465 e. The van der Waals surface area contributed by atoms with Crippen LogP contribution in [0.25, 0.3) is 0 Å². The molecule has 0 amide bonds. The van der Waals surface area contributed by atoms with Gasteiger partial charge in [-0.2, -0.15) is 0 Å². The van der Waals surface area contributed by atoms with Crippen LogP contribution in [0.3, 0.4) is 0 Å². The smallest absolute Gasteiger partial charge is 0.196 e. The number of hydrogen-bond donors (Lipinski definition) is 0. The molecular formula is C26H31O4S+. The standard InChI is InChI=1S/C26H31O4S/c1-5-27-20(3)29-22-12-10-16-25(18-22)31(24-14-8-7-9-15-24)26-17-11-13-23(19-26)30-21(4)28-6-2/h7-21H,5-6H2,1-4H3/q+1. The normalized spacial score (nSPS) is 13.9. The quantitative estimate of drug-likeness (QED) is 0.259. The van der Waals surface area contributed by atoms with Gasteiger partial charge in [-0.05, 0) is 64.1 Å². The van der Waals surface area contributed by atoms with Crippen molar-refractivity contribution >= 4 is 10.9 Å². The third-order valence-electron chi connectivity index (χ3n) is 4.47. The first-order valence-electron chi connectivity index (χ1n) is 10.7. The van der Waals surface area contributed by atoms with Crippen molar-refractivity contribution in [3.05, 3.63) is 78.9 Å². The number of ether oxygens (including phenoxy) is 4. The maximum absolute atomic E-state index is 5.96. The molecule has 0 spiro atoms. The summed E-state index contributed by atoms with van der Waals surface area (Å²) >= 11 is 0. The summed E-state index contributed by atoms with van der Waals surface area (Å²) in [6, 6.07) is 27.0. The molecule has 0 N–H and O–H groups in total. The molecule has 0 bridgehead atoms. The highest BCUT2D eigenvalue weighted by atomic mass is 32.2. The van der Waals surface area contributed by atoms with Crippen molar-refractivity contribution in [2.24, 2.45) is 0 Å². The molecule has 0 fully saturated rings. The number of hydrogen-bond acceptors (Lipinski definition) is 4. The highest BCUT2D eigenvalue weighted by molar-refractivity contribution is 7.97. The van der Waals surface area contributed by atoms with Crippen LogP contribution in [0.5, 0.6) is 11.5 Å². The van der Waals surface area contributed by atoms with Crippen molar-refractivity contribution < 1.29 is 18.9 Å². The van der Waals surface area contributed by atoms with Crippen LogP contribution in [0, 0.1) is 0 Å². The van der Waals surface area contributed by atoms with E-state index in [1.165, 1.54) is 14.7 Å². The van der Waals surface area contributed by atoms with Crippen LogP contribution in [0.1, 0.15) is 27.7 Å². The van der Waals surface area contributed by atoms with Crippen LogP contribution >= 0.6 is 0 Å². The molecule has 0 saturated carbocycles. The Balaban J connectivity index is 1.96. The second kappa shape index (κ2) is 11.8. The van der Waals surface area contributed by atoms with E-state index in [1.54, 1.807) is 0 Å². The van der Waals surface area contributed by atoms with Crippen LogP contribution in [0.4, 0.5) is 0 Å². The molecule has 0 radical (unpaired) electrons. The zero-order chi connectivity index (χ0) is 22.1. The molecule has 164 valence electrons. The van der Waals surface area contributed by atoms with Crippen molar-refractivity contribution in [1.82, 2.24) is 0 Å². The van der Waals surface area contributed by atoms with Crippen molar-refractivity contribution in [1.29, 1.82) is 0 Å². The van der Waals surface area contributed by atoms with E-state index in [0.717, 1.165) is 11.5 Å². The zero-order valence-electron chi connectivity index (χ0n) is 18.6. The first-order chi connectivity index (χ1) is 15.1. The van der Waals surface area contributed by atoms with Crippen molar-refractivity contribution in [2.45, 2.75) is 55.0 Å². The van der Waals surface area contributed by atoms with Crippen LogP contribution in [-0.4, -0.2) is 25.8 Å². The first-order valence-corrected chi connectivity index (χ1v) is 11.9. The Bertz CT molecular complexity index is 874. The van der Waals surface area contributed by atoms with Gasteiger partial charge in [-0.3, -0.25) is 0 Å². The third kappa shape index (κ3) is 6.76. The van der Waals surface area contributed by atoms with Crippen LogP contribution in [0.15, 0.2) is 93.5 Å². The Kier molecular flexibility index (Phi) is 8.83. The summed E-state index contributed by atoms with van der Waals surface area (Å²) in [6.45, 7) is 8.97. The van der Waals surface area contributed by atoms with Crippen molar-refractivity contribution in [3.8, 4) is 11.5 Å². The third-order valence-corrected chi connectivity index (χ3v) is 6.66. The van der Waals surface area contributed by atoms with Gasteiger partial charge in [0.25, 0.3) is 0 Å². The molecular weight excluding hydrogens is 408 g/mol. The minimum atomic E-state index is -0.314. The lowest BCUT2D eigenvalue weighted by Crippen LogP contribution is -2.16. The maximum Gasteiger partial charge on any atom is 0.196 e. The molecule has 3 aromatic carbocycles. The predicted octanol–water partition coefficient (Wildman–Crippen LogP) is 6.30. The number of rotatable bonds is 11. The molecule has 3 aromatic rings. The Morgan fingerprint density at radius 1 is 0.613 bits per heavy atom. The summed E-state index contributed by atoms with van der Waals surface area (Å²) in [7, 11) is -0.314. The van der Waals surface area contributed by atoms with E-state index in [4.69, 9.17) is 18.9 Å². The van der Waals surface area contributed by atoms with E-state index in [-0.39, 0.29) is 23.5 Å². The van der Waals surface area contributed by atoms with Gasteiger partial charge in [-0.1, -0.05) is 30.3 Å². The van der Waals surface area contributed by atoms with Gasteiger partial charge in [-0.15, -0.1) is 0 Å². The van der Waals surface area contributed by atoms with Crippen LogP contribution < -0.4 is 9.47 Å². The van der Waals surface area contributed by atoms with E-state index in [2.05, 4.69) is 48.5 Å². The molecule has 0 aromatic heterocycles. The van der Waals surface area contributed by atoms with Crippen LogP contribution in [0.2, 0.25) is 0 Å². The summed E-state index contributed by atoms with van der Waals surface area (Å²) in [4.78, 5) is 3.57. The van der Waals surface area contributed by atoms with Crippen molar-refractivity contribution in [2.75, 3.05) is 13.2 Å². The first kappa shape index (κ1) is 23.2. The molecule has 31 heavy (non-hydrogen) atoms. The fraction of sp³-hybridized carbons (Fsp3) is 0.308. The SMILES string of the molecule is CCOC(C)Oc1cccc([S+](c2ccccc2)c2cccc(OC(C)OCC)c2)c1. The van der Waals surface area contributed by atoms with Crippen LogP contribution in [-0.2, 0) is 20.4 Å². The molecule has 0 heterocycles. The molecule has 5 heteroatoms. The summed E-state index contributed by atoms with van der Waals surface area (Å²) in [5.74, 6) is 1.59. The number of benzene rings is 3. The minimum Gasteiger partial charge on any atom is -0.465 e. The molecule has 2 unspecified atom stereocenters. The van der Waals surface area contributed by atoms with Gasteiger partial charge >= 0.3 is 0 Å². The highest BCUT2D eigenvalue weighted by Crippen LogP contribution is 2.34. The summed E-state index contributed by atoms with van der Waals surface area (Å²) in [5.41, 5.74) is 0. The molecule has 2 atom stereocenters. The lowest BCUT2D eigenvalue weighted by Gasteiger charge is -2.16. The second-order valence-electron chi connectivity index (χ2n) is 6.85. The zero-order valence-corrected chi connectivity index (χ0v) is 19.4. The molecule has 0 saturated heterocycles. The Hall–Kier alpha value is -2.47. The van der Waals surface area contributed by atoms with Gasteiger partial charge < -0.3 is 18.9 Å². The van der Waals surface area contributed by atoms with E-state index in [9.17, 15) is 0 Å². The Labute approximate surface area is 188 Å². The minimum absolute atomic E-state index is 0.296. The maximum atomic E-state index is 5.96. The fourth-order valence-electron chi connectivity index (χ4n) is 3.23. The monoisotopic (exact) mass is 439 g/mol. The Morgan fingerprint density at radius 2 is 1.06 bits per heavy atom. The van der Waals surface area contributed by atoms with Gasteiger partial charge in [0.1, 0.15) is 11.5 Å². The molecule has 0 aliphatic heterocycles. The van der Waals surface area contributed by atoms with Gasteiger partial charge in [0.15, 0.2) is 27.3 Å². The highest BCUT2D eigenvalue weighted by Gasteiger charge is 2.29. The Morgan fingerprint density at radius 3 is 1.52 bits per heavy atom. The van der Waals surface area contributed by atoms with E-state index in [1.807, 2.05) is 58.0 Å². The lowest BCUT2D eigenvalue weighted by atomic mass is 10.3. The van der Waals surface area contributed by atoms with Gasteiger partial charge in [0.05, 0.1) is 10.9 Å². The average Bonchev–Trinajstić information content (AvgIpc) is 2.76. The summed E-state index contributed by atoms with van der Waals surface area (Å²) < 4.78 is 23.0. The second-order valence-corrected chi connectivity index (χ2v) is 8.88. The van der Waals surface area contributed by atoms with Gasteiger partial charge in [0, 0.05) is 25.3 Å². The van der Waals surface area contributed by atoms with E-state index in [0.29, 0.717) is 13.2 Å². The van der Waals surface area contributed by atoms with Gasteiger partial charge in [-0.25, -0.2) is 0 Å². The van der Waals surface area contributed by atoms with E-state index < -0.39 is 0 Å². The summed E-state index contributed by atoms with van der Waals surface area (Å²) in [5, 5.41) is 0. The van der Waals surface area contributed by atoms with Gasteiger partial charge in [0.2, 0.25) is 0 Å². The van der Waals surface area contributed by atoms with E-state index >= 15 is 0 Å². The molecule has 3 rings (SSSR count). The summed E-state index contributed by atoms with van der Waals surface area (Å²) in [6.07, 6.45) is -0.592. The average molecular weight is 440 g/mol. The lowest BCUT2D eigenvalue weighted by molar-refractivity contribution is -0.0617.